The summed E-state index contributed by atoms with van der Waals surface area (Å²) in [5.74, 6) is -0.252. The van der Waals surface area contributed by atoms with Gasteiger partial charge in [-0.2, -0.15) is 0 Å². The summed E-state index contributed by atoms with van der Waals surface area (Å²) in [6, 6.07) is 6.31. The number of benzene rings is 1. The van der Waals surface area contributed by atoms with Gasteiger partial charge in [-0.3, -0.25) is 0 Å². The molecule has 1 aliphatic rings. The molecule has 166 valence electrons. The Morgan fingerprint density at radius 2 is 1.87 bits per heavy atom. The summed E-state index contributed by atoms with van der Waals surface area (Å²) in [4.78, 5) is 2.11. The second-order valence-corrected chi connectivity index (χ2v) is 9.46. The number of hydrogen-bond acceptors (Lipinski definition) is 7. The van der Waals surface area contributed by atoms with Crippen molar-refractivity contribution in [3.05, 3.63) is 41.8 Å². The van der Waals surface area contributed by atoms with Crippen LogP contribution in [0.25, 0.3) is 16.8 Å². The van der Waals surface area contributed by atoms with E-state index in [1.165, 1.54) is 18.3 Å². The van der Waals surface area contributed by atoms with Crippen molar-refractivity contribution in [1.82, 2.24) is 15.5 Å². The molecule has 1 saturated heterocycles. The summed E-state index contributed by atoms with van der Waals surface area (Å²) in [5, 5.41) is 29.9. The lowest BCUT2D eigenvalue weighted by molar-refractivity contribution is 0.160. The number of nitrogens with one attached hydrogen (secondary N) is 2. The van der Waals surface area contributed by atoms with Gasteiger partial charge in [0, 0.05) is 42.2 Å². The number of nitrogens with two attached hydrogens (primary N) is 1. The quantitative estimate of drug-likeness (QED) is 0.543. The molecule has 0 bridgehead atoms. The summed E-state index contributed by atoms with van der Waals surface area (Å²) in [7, 11) is 2.00. The Labute approximate surface area is 182 Å². The number of hydrogen-bond donors (Lipinski definition) is 4. The van der Waals surface area contributed by atoms with E-state index in [1.807, 2.05) is 7.05 Å². The number of halogens is 1. The Hall–Kier alpha value is -3.00. The minimum Gasteiger partial charge on any atom is -0.507 e. The second-order valence-electron chi connectivity index (χ2n) is 9.46. The fourth-order valence-corrected chi connectivity index (χ4v) is 4.62. The first-order chi connectivity index (χ1) is 14.5. The molecule has 0 atom stereocenters. The number of piperidine rings is 1. The third kappa shape index (κ3) is 4.85. The highest BCUT2D eigenvalue weighted by molar-refractivity contribution is 6.08. The first kappa shape index (κ1) is 22.7. The van der Waals surface area contributed by atoms with Crippen LogP contribution in [0.4, 0.5) is 10.2 Å². The molecule has 0 saturated carbocycles. The third-order valence-corrected chi connectivity index (χ3v) is 5.72. The smallest absolute Gasteiger partial charge is 0.151 e. The van der Waals surface area contributed by atoms with Crippen molar-refractivity contribution in [1.29, 1.82) is 5.41 Å². The van der Waals surface area contributed by atoms with Gasteiger partial charge in [0.15, 0.2) is 5.82 Å². The molecular weight excluding hydrogens is 395 g/mol. The predicted molar refractivity (Wildman–Crippen MR) is 123 cm³/mol. The van der Waals surface area contributed by atoms with E-state index in [0.29, 0.717) is 17.0 Å². The molecule has 2 heterocycles. The lowest BCUT2D eigenvalue weighted by Gasteiger charge is -2.49. The normalized spacial score (nSPS) is 18.6. The summed E-state index contributed by atoms with van der Waals surface area (Å²) in [6.45, 7) is 8.79. The standard InChI is InChI=1S/C23H31FN6O/c1-22(2)10-16(11-23(3,4)29-22)30(5)20-7-6-18(27-28-20)21-17(24)8-14(9-19(21)31)15(12-25)13-26/h6-9,12-13,16,25,29,31H,10-11,26H2,1-5H3/b15-13+,25-12?. The van der Waals surface area contributed by atoms with E-state index in [1.54, 1.807) is 12.1 Å². The van der Waals surface area contributed by atoms with Gasteiger partial charge < -0.3 is 26.5 Å². The highest BCUT2D eigenvalue weighted by atomic mass is 19.1. The van der Waals surface area contributed by atoms with E-state index >= 15 is 0 Å². The van der Waals surface area contributed by atoms with Gasteiger partial charge in [-0.05, 0) is 70.4 Å². The molecule has 1 fully saturated rings. The average molecular weight is 427 g/mol. The van der Waals surface area contributed by atoms with Crippen molar-refractivity contribution >= 4 is 17.6 Å². The summed E-state index contributed by atoms with van der Waals surface area (Å²) >= 11 is 0. The van der Waals surface area contributed by atoms with Crippen LogP contribution < -0.4 is 16.0 Å². The molecule has 1 aromatic carbocycles. The van der Waals surface area contributed by atoms with E-state index in [-0.39, 0.29) is 34.1 Å². The van der Waals surface area contributed by atoms with E-state index in [2.05, 4.69) is 48.1 Å². The zero-order valence-electron chi connectivity index (χ0n) is 18.7. The molecule has 1 aromatic heterocycles. The lowest BCUT2D eigenvalue weighted by atomic mass is 9.79. The van der Waals surface area contributed by atoms with Crippen molar-refractivity contribution in [3.8, 4) is 17.0 Å². The van der Waals surface area contributed by atoms with Gasteiger partial charge in [-0.25, -0.2) is 4.39 Å². The van der Waals surface area contributed by atoms with E-state index < -0.39 is 5.82 Å². The van der Waals surface area contributed by atoms with Gasteiger partial charge in [0.1, 0.15) is 11.6 Å². The van der Waals surface area contributed by atoms with Crippen LogP contribution in [0, 0.1) is 11.2 Å². The Bertz CT molecular complexity index is 961. The Morgan fingerprint density at radius 1 is 1.23 bits per heavy atom. The van der Waals surface area contributed by atoms with E-state index in [9.17, 15) is 9.50 Å². The molecule has 0 amide bonds. The van der Waals surface area contributed by atoms with Gasteiger partial charge >= 0.3 is 0 Å². The highest BCUT2D eigenvalue weighted by Crippen LogP contribution is 2.35. The van der Waals surface area contributed by atoms with Gasteiger partial charge in [0.2, 0.25) is 0 Å². The van der Waals surface area contributed by atoms with E-state index in [0.717, 1.165) is 19.1 Å². The van der Waals surface area contributed by atoms with Crippen LogP contribution in [0.15, 0.2) is 30.5 Å². The minimum atomic E-state index is -0.659. The maximum Gasteiger partial charge on any atom is 0.151 e. The van der Waals surface area contributed by atoms with Crippen LogP contribution in [-0.4, -0.2) is 45.7 Å². The largest absolute Gasteiger partial charge is 0.507 e. The van der Waals surface area contributed by atoms with Crippen molar-refractivity contribution in [2.75, 3.05) is 11.9 Å². The monoisotopic (exact) mass is 426 g/mol. The first-order valence-corrected chi connectivity index (χ1v) is 10.3. The number of phenols is 1. The first-order valence-electron chi connectivity index (χ1n) is 10.3. The van der Waals surface area contributed by atoms with Gasteiger partial charge in [0.25, 0.3) is 0 Å². The number of aromatic hydroxyl groups is 1. The molecule has 0 unspecified atom stereocenters. The Balaban J connectivity index is 1.87. The summed E-state index contributed by atoms with van der Waals surface area (Å²) < 4.78 is 14.8. The van der Waals surface area contributed by atoms with Gasteiger partial charge in [-0.15, -0.1) is 10.2 Å². The minimum absolute atomic E-state index is 0.00197. The number of nitrogens with zero attached hydrogens (tertiary/aromatic N) is 3. The fourth-order valence-electron chi connectivity index (χ4n) is 4.62. The molecule has 0 aliphatic carbocycles. The molecule has 3 rings (SSSR count). The molecule has 1 aliphatic heterocycles. The number of allylic oxidation sites excluding steroid dienone is 1. The fraction of sp³-hybridized carbons (Fsp3) is 0.435. The maximum atomic E-state index is 14.8. The van der Waals surface area contributed by atoms with Crippen LogP contribution in [0.5, 0.6) is 5.75 Å². The maximum absolute atomic E-state index is 14.8. The van der Waals surface area contributed by atoms with Crippen molar-refractivity contribution in [3.63, 3.8) is 0 Å². The van der Waals surface area contributed by atoms with Crippen LogP contribution in [0.2, 0.25) is 0 Å². The van der Waals surface area contributed by atoms with E-state index in [4.69, 9.17) is 11.1 Å². The zero-order valence-corrected chi connectivity index (χ0v) is 18.7. The van der Waals surface area contributed by atoms with Crippen LogP contribution in [-0.2, 0) is 0 Å². The molecule has 8 heteroatoms. The molecule has 0 spiro atoms. The number of aromatic nitrogens is 2. The van der Waals surface area contributed by atoms with Crippen LogP contribution in [0.1, 0.15) is 46.1 Å². The van der Waals surface area contributed by atoms with Gasteiger partial charge in [0.05, 0.1) is 11.3 Å². The molecule has 7 nitrogen and oxygen atoms in total. The van der Waals surface area contributed by atoms with Crippen molar-refractivity contribution in [2.45, 2.75) is 57.7 Å². The number of phenolic OH excluding ortho intramolecular Hbond substituents is 1. The number of anilines is 1. The number of rotatable bonds is 5. The average Bonchev–Trinajstić information content (AvgIpc) is 2.66. The summed E-state index contributed by atoms with van der Waals surface area (Å²) in [5.41, 5.74) is 6.27. The van der Waals surface area contributed by atoms with Crippen molar-refractivity contribution in [2.24, 2.45) is 5.73 Å². The molecule has 0 radical (unpaired) electrons. The van der Waals surface area contributed by atoms with Crippen molar-refractivity contribution < 1.29 is 9.50 Å². The highest BCUT2D eigenvalue weighted by Gasteiger charge is 2.39. The van der Waals surface area contributed by atoms with Crippen LogP contribution in [0.3, 0.4) is 0 Å². The molecular formula is C23H31FN6O. The third-order valence-electron chi connectivity index (χ3n) is 5.72. The Kier molecular flexibility index (Phi) is 6.04. The lowest BCUT2D eigenvalue weighted by Crippen LogP contribution is -2.62. The van der Waals surface area contributed by atoms with Crippen LogP contribution >= 0.6 is 0 Å². The topological polar surface area (TPSA) is 111 Å². The predicted octanol–water partition coefficient (Wildman–Crippen LogP) is 3.68. The Morgan fingerprint density at radius 3 is 2.35 bits per heavy atom. The van der Waals surface area contributed by atoms with Gasteiger partial charge in [-0.1, -0.05) is 0 Å². The molecule has 31 heavy (non-hydrogen) atoms. The summed E-state index contributed by atoms with van der Waals surface area (Å²) in [6.07, 6.45) is 4.10. The second kappa shape index (κ2) is 8.26. The molecule has 5 N–H and O–H groups in total. The molecule has 2 aromatic rings. The zero-order chi connectivity index (χ0) is 23.0. The SMILES string of the molecule is CN(c1ccc(-c2c(O)cc(/C(C=N)=C/N)cc2F)nn1)C1CC(C)(C)NC(C)(C)C1.